The fourth-order valence-electron chi connectivity index (χ4n) is 8.49. The average molecular weight is 389 g/mol. The van der Waals surface area contributed by atoms with Crippen LogP contribution < -0.4 is 0 Å². The third-order valence-corrected chi connectivity index (χ3v) is 10.0. The topological polar surface area (TPSA) is 46.5 Å². The first kappa shape index (κ1) is 20.4. The summed E-state index contributed by atoms with van der Waals surface area (Å²) in [5, 5.41) is 10.2. The minimum Gasteiger partial charge on any atom is -0.455 e. The van der Waals surface area contributed by atoms with Gasteiger partial charge in [0.05, 0.1) is 6.10 Å². The first-order valence-electron chi connectivity index (χ1n) is 11.9. The minimum atomic E-state index is -0.267. The maximum atomic E-state index is 12.2. The van der Waals surface area contributed by atoms with E-state index < -0.39 is 0 Å². The zero-order valence-corrected chi connectivity index (χ0v) is 18.4. The molecule has 0 aromatic rings. The van der Waals surface area contributed by atoms with E-state index in [1.807, 2.05) is 13.8 Å². The van der Waals surface area contributed by atoms with Gasteiger partial charge >= 0.3 is 5.97 Å². The Morgan fingerprint density at radius 1 is 1.00 bits per heavy atom. The summed E-state index contributed by atoms with van der Waals surface area (Å²) < 4.78 is 6.05. The summed E-state index contributed by atoms with van der Waals surface area (Å²) in [5.74, 6) is 2.81. The van der Waals surface area contributed by atoms with Crippen LogP contribution in [0.4, 0.5) is 0 Å². The van der Waals surface area contributed by atoms with Gasteiger partial charge in [0.25, 0.3) is 0 Å². The molecule has 28 heavy (non-hydrogen) atoms. The summed E-state index contributed by atoms with van der Waals surface area (Å²) in [6, 6.07) is 0. The minimum absolute atomic E-state index is 0.0721. The zero-order chi connectivity index (χ0) is 20.3. The molecule has 0 amide bonds. The van der Waals surface area contributed by atoms with Gasteiger partial charge in [-0.2, -0.15) is 0 Å². The second kappa shape index (κ2) is 6.86. The lowest BCUT2D eigenvalue weighted by molar-refractivity contribution is -0.176. The van der Waals surface area contributed by atoms with Crippen molar-refractivity contribution in [1.29, 1.82) is 0 Å². The van der Waals surface area contributed by atoms with E-state index in [0.29, 0.717) is 22.8 Å². The molecule has 4 saturated carbocycles. The third-order valence-electron chi connectivity index (χ3n) is 10.0. The molecule has 1 aliphatic heterocycles. The molecule has 0 bridgehead atoms. The lowest BCUT2D eigenvalue weighted by Gasteiger charge is -2.61. The predicted molar refractivity (Wildman–Crippen MR) is 112 cm³/mol. The fraction of sp³-hybridized carbons (Fsp3) is 0.880. The van der Waals surface area contributed by atoms with E-state index in [2.05, 4.69) is 20.4 Å². The molecule has 5 rings (SSSR count). The molecule has 158 valence electrons. The summed E-state index contributed by atoms with van der Waals surface area (Å²) in [4.78, 5) is 12.2. The fourth-order valence-corrected chi connectivity index (χ4v) is 8.49. The average Bonchev–Trinajstić information content (AvgIpc) is 3.13. The van der Waals surface area contributed by atoms with E-state index in [1.54, 1.807) is 0 Å². The number of hydrogen-bond acceptors (Lipinski definition) is 3. The summed E-state index contributed by atoms with van der Waals surface area (Å²) in [6.45, 7) is 12.9. The molecule has 1 heterocycles. The maximum Gasteiger partial charge on any atom is 0.334 e. The molecule has 4 aliphatic carbocycles. The summed E-state index contributed by atoms with van der Waals surface area (Å²) >= 11 is 0. The standard InChI is InChI=1S/C23H34O3.C2H6/c1-14-13-23(26-20(14)25)11-8-19-17-5-4-15-12-16(24)6-9-21(15,2)18(17)7-10-22(19,23)3;1-2/h15-19,24H,1,4-13H2,2-3H3;1-2H3. The monoisotopic (exact) mass is 388 g/mol. The number of carbonyl (C=O) groups excluding carboxylic acids is 1. The Morgan fingerprint density at radius 3 is 2.39 bits per heavy atom. The van der Waals surface area contributed by atoms with E-state index in [0.717, 1.165) is 37.5 Å². The van der Waals surface area contributed by atoms with Crippen LogP contribution in [-0.2, 0) is 9.53 Å². The molecule has 3 heteroatoms. The van der Waals surface area contributed by atoms with Crippen molar-refractivity contribution >= 4 is 5.97 Å². The van der Waals surface area contributed by atoms with E-state index in [9.17, 15) is 9.90 Å². The van der Waals surface area contributed by atoms with E-state index in [-0.39, 0.29) is 23.1 Å². The number of fused-ring (bicyclic) bond motifs is 6. The SMILES string of the molecule is C=C1CC2(CCC3C4CCC5CC(O)CCC5(C)C4CCC32C)OC1=O.CC. The maximum absolute atomic E-state index is 12.2. The smallest absolute Gasteiger partial charge is 0.334 e. The first-order valence-corrected chi connectivity index (χ1v) is 11.9. The van der Waals surface area contributed by atoms with Crippen molar-refractivity contribution in [2.24, 2.45) is 34.5 Å². The van der Waals surface area contributed by atoms with Crippen molar-refractivity contribution in [3.63, 3.8) is 0 Å². The Balaban J connectivity index is 0.000000932. The predicted octanol–water partition coefficient (Wildman–Crippen LogP) is 5.66. The third kappa shape index (κ3) is 2.60. The Labute approximate surface area is 171 Å². The van der Waals surface area contributed by atoms with Gasteiger partial charge in [-0.1, -0.05) is 34.3 Å². The van der Waals surface area contributed by atoms with Gasteiger partial charge in [-0.15, -0.1) is 0 Å². The summed E-state index contributed by atoms with van der Waals surface area (Å²) in [7, 11) is 0. The van der Waals surface area contributed by atoms with Gasteiger partial charge in [-0.05, 0) is 86.9 Å². The highest BCUT2D eigenvalue weighted by Crippen LogP contribution is 2.70. The van der Waals surface area contributed by atoms with Crippen LogP contribution in [0.15, 0.2) is 12.2 Å². The van der Waals surface area contributed by atoms with Crippen molar-refractivity contribution in [1.82, 2.24) is 0 Å². The highest BCUT2D eigenvalue weighted by Gasteiger charge is 2.68. The molecule has 0 aromatic heterocycles. The second-order valence-corrected chi connectivity index (χ2v) is 10.7. The van der Waals surface area contributed by atoms with Gasteiger partial charge < -0.3 is 9.84 Å². The molecule has 1 N–H and O–H groups in total. The molecule has 1 spiro atoms. The Kier molecular flexibility index (Phi) is 5.01. The number of aliphatic hydroxyl groups excluding tert-OH is 1. The van der Waals surface area contributed by atoms with Gasteiger partial charge in [0, 0.05) is 17.4 Å². The lowest BCUT2D eigenvalue weighted by Crippen LogP contribution is -2.56. The number of aliphatic hydroxyl groups is 1. The zero-order valence-electron chi connectivity index (χ0n) is 18.4. The molecule has 5 fully saturated rings. The summed E-state index contributed by atoms with van der Waals surface area (Å²) in [6.07, 6.45) is 11.2. The van der Waals surface area contributed by atoms with Crippen LogP contribution in [0.25, 0.3) is 0 Å². The molecule has 0 radical (unpaired) electrons. The molecule has 3 nitrogen and oxygen atoms in total. The van der Waals surface area contributed by atoms with Gasteiger partial charge in [-0.3, -0.25) is 0 Å². The van der Waals surface area contributed by atoms with Crippen molar-refractivity contribution in [3.8, 4) is 0 Å². The van der Waals surface area contributed by atoms with Crippen LogP contribution >= 0.6 is 0 Å². The summed E-state index contributed by atoms with van der Waals surface area (Å²) in [5.41, 5.74) is 0.957. The molecule has 1 saturated heterocycles. The lowest BCUT2D eigenvalue weighted by atomic mass is 9.44. The van der Waals surface area contributed by atoms with Gasteiger partial charge in [0.1, 0.15) is 5.60 Å². The normalized spacial score (nSPS) is 52.2. The second-order valence-electron chi connectivity index (χ2n) is 10.7. The van der Waals surface area contributed by atoms with Crippen LogP contribution in [0.3, 0.4) is 0 Å². The number of carbonyl (C=O) groups is 1. The number of esters is 1. The van der Waals surface area contributed by atoms with Gasteiger partial charge in [-0.25, -0.2) is 4.79 Å². The number of ether oxygens (including phenoxy) is 1. The molecular weight excluding hydrogens is 348 g/mol. The van der Waals surface area contributed by atoms with Crippen LogP contribution in [0.1, 0.15) is 91.9 Å². The van der Waals surface area contributed by atoms with E-state index in [4.69, 9.17) is 4.74 Å². The van der Waals surface area contributed by atoms with Crippen molar-refractivity contribution < 1.29 is 14.6 Å². The van der Waals surface area contributed by atoms with Crippen LogP contribution in [0.5, 0.6) is 0 Å². The molecule has 8 atom stereocenters. The Hall–Kier alpha value is -0.830. The number of hydrogen-bond donors (Lipinski definition) is 1. The van der Waals surface area contributed by atoms with Gasteiger partial charge in [0.15, 0.2) is 0 Å². The van der Waals surface area contributed by atoms with E-state index >= 15 is 0 Å². The number of rotatable bonds is 0. The van der Waals surface area contributed by atoms with Crippen molar-refractivity contribution in [3.05, 3.63) is 12.2 Å². The molecule has 0 aromatic carbocycles. The van der Waals surface area contributed by atoms with Crippen molar-refractivity contribution in [2.45, 2.75) is 104 Å². The first-order chi connectivity index (χ1) is 13.3. The highest BCUT2D eigenvalue weighted by molar-refractivity contribution is 5.90. The van der Waals surface area contributed by atoms with Crippen molar-refractivity contribution in [2.75, 3.05) is 0 Å². The molecule has 8 unspecified atom stereocenters. The molecular formula is C25H40O3. The molecule has 5 aliphatic rings. The largest absolute Gasteiger partial charge is 0.455 e. The van der Waals surface area contributed by atoms with Crippen LogP contribution in [-0.4, -0.2) is 22.8 Å². The highest BCUT2D eigenvalue weighted by atomic mass is 16.6. The van der Waals surface area contributed by atoms with Gasteiger partial charge in [0.2, 0.25) is 0 Å². The van der Waals surface area contributed by atoms with Crippen LogP contribution in [0, 0.1) is 34.5 Å². The Bertz CT molecular complexity index is 638. The quantitative estimate of drug-likeness (QED) is 0.430. The van der Waals surface area contributed by atoms with Crippen LogP contribution in [0.2, 0.25) is 0 Å². The van der Waals surface area contributed by atoms with E-state index in [1.165, 1.54) is 38.5 Å². The Morgan fingerprint density at radius 2 is 1.71 bits per heavy atom.